The molecule has 0 aliphatic rings. The van der Waals surface area contributed by atoms with Gasteiger partial charge in [0.15, 0.2) is 0 Å². The molecule has 0 saturated heterocycles. The third-order valence-electron chi connectivity index (χ3n) is 2.46. The van der Waals surface area contributed by atoms with Crippen LogP contribution in [0.2, 0.25) is 0 Å². The Morgan fingerprint density at radius 1 is 1.29 bits per heavy atom. The van der Waals surface area contributed by atoms with E-state index in [0.29, 0.717) is 0 Å². The number of ether oxygens (including phenoxy) is 1. The second-order valence-corrected chi connectivity index (χ2v) is 5.44. The highest BCUT2D eigenvalue weighted by Gasteiger charge is 2.26. The second-order valence-electron chi connectivity index (χ2n) is 5.44. The van der Waals surface area contributed by atoms with E-state index < -0.39 is 47.3 Å². The molecule has 5 nitrogen and oxygen atoms in total. The molecule has 0 spiro atoms. The minimum absolute atomic E-state index is 0.402. The van der Waals surface area contributed by atoms with E-state index in [2.05, 4.69) is 5.32 Å². The summed E-state index contributed by atoms with van der Waals surface area (Å²) in [6.07, 6.45) is -1.49. The topological polar surface area (TPSA) is 75.6 Å². The van der Waals surface area contributed by atoms with Crippen molar-refractivity contribution in [3.05, 3.63) is 35.4 Å². The van der Waals surface area contributed by atoms with E-state index in [1.165, 1.54) is 6.07 Å². The number of amides is 1. The Labute approximate surface area is 120 Å². The van der Waals surface area contributed by atoms with Crippen LogP contribution in [0, 0.1) is 11.6 Å². The van der Waals surface area contributed by atoms with E-state index in [4.69, 9.17) is 9.84 Å². The van der Waals surface area contributed by atoms with Crippen LogP contribution < -0.4 is 5.32 Å². The number of hydrogen-bond donors (Lipinski definition) is 2. The number of aliphatic carboxylic acids is 1. The van der Waals surface area contributed by atoms with Gasteiger partial charge in [-0.05, 0) is 32.9 Å². The van der Waals surface area contributed by atoms with Gasteiger partial charge in [0.05, 0.1) is 0 Å². The highest BCUT2D eigenvalue weighted by molar-refractivity contribution is 5.80. The van der Waals surface area contributed by atoms with Crippen LogP contribution in [0.3, 0.4) is 0 Å². The van der Waals surface area contributed by atoms with E-state index in [1.807, 2.05) is 0 Å². The lowest BCUT2D eigenvalue weighted by molar-refractivity contribution is -0.139. The zero-order chi connectivity index (χ0) is 16.2. The molecule has 0 unspecified atom stereocenters. The van der Waals surface area contributed by atoms with Crippen molar-refractivity contribution < 1.29 is 28.2 Å². The Bertz CT molecular complexity index is 520. The molecule has 0 bridgehead atoms. The predicted molar refractivity (Wildman–Crippen MR) is 70.9 cm³/mol. The average Bonchev–Trinajstić information content (AvgIpc) is 2.29. The monoisotopic (exact) mass is 301 g/mol. The van der Waals surface area contributed by atoms with Gasteiger partial charge in [-0.2, -0.15) is 0 Å². The summed E-state index contributed by atoms with van der Waals surface area (Å²) in [5.41, 5.74) is -1.21. The summed E-state index contributed by atoms with van der Waals surface area (Å²) in [6.45, 7) is 4.83. The van der Waals surface area contributed by atoms with Crippen LogP contribution >= 0.6 is 0 Å². The molecule has 1 aromatic rings. The van der Waals surface area contributed by atoms with E-state index in [0.717, 1.165) is 12.1 Å². The third kappa shape index (κ3) is 5.37. The summed E-state index contributed by atoms with van der Waals surface area (Å²) in [5, 5.41) is 11.1. The molecule has 0 saturated carbocycles. The van der Waals surface area contributed by atoms with Gasteiger partial charge < -0.3 is 15.2 Å². The minimum Gasteiger partial charge on any atom is -0.480 e. The molecule has 2 N–H and O–H groups in total. The SMILES string of the molecule is CC(C)(C)OC(=O)N[C@H](Cc1c(F)cccc1F)C(=O)O. The van der Waals surface area contributed by atoms with Crippen molar-refractivity contribution in [1.82, 2.24) is 5.32 Å². The van der Waals surface area contributed by atoms with Gasteiger partial charge >= 0.3 is 12.1 Å². The number of benzene rings is 1. The maximum atomic E-state index is 13.5. The lowest BCUT2D eigenvalue weighted by Gasteiger charge is -2.22. The Morgan fingerprint density at radius 2 is 1.81 bits per heavy atom. The van der Waals surface area contributed by atoms with E-state index in [1.54, 1.807) is 20.8 Å². The second kappa shape index (κ2) is 6.51. The normalized spacial score (nSPS) is 12.6. The van der Waals surface area contributed by atoms with Crippen LogP contribution in [0.25, 0.3) is 0 Å². The van der Waals surface area contributed by atoms with Gasteiger partial charge in [-0.3, -0.25) is 0 Å². The molecule has 0 aliphatic heterocycles. The Kier molecular flexibility index (Phi) is 5.23. The van der Waals surface area contributed by atoms with Crippen molar-refractivity contribution in [2.75, 3.05) is 0 Å². The van der Waals surface area contributed by atoms with Gasteiger partial charge in [0.2, 0.25) is 0 Å². The van der Waals surface area contributed by atoms with E-state index >= 15 is 0 Å². The summed E-state index contributed by atoms with van der Waals surface area (Å²) in [6, 6.07) is 1.71. The van der Waals surface area contributed by atoms with Gasteiger partial charge in [0.25, 0.3) is 0 Å². The number of carbonyl (C=O) groups excluding carboxylic acids is 1. The fourth-order valence-electron chi connectivity index (χ4n) is 1.58. The molecular weight excluding hydrogens is 284 g/mol. The van der Waals surface area contributed by atoms with Crippen LogP contribution in [0.4, 0.5) is 13.6 Å². The average molecular weight is 301 g/mol. The molecule has 7 heteroatoms. The first-order valence-corrected chi connectivity index (χ1v) is 6.25. The lowest BCUT2D eigenvalue weighted by Crippen LogP contribution is -2.45. The van der Waals surface area contributed by atoms with Crippen molar-refractivity contribution >= 4 is 12.1 Å². The first kappa shape index (κ1) is 16.9. The highest BCUT2D eigenvalue weighted by atomic mass is 19.1. The molecule has 0 aromatic heterocycles. The number of halogens is 2. The van der Waals surface area contributed by atoms with E-state index in [-0.39, 0.29) is 0 Å². The zero-order valence-corrected chi connectivity index (χ0v) is 11.9. The fourth-order valence-corrected chi connectivity index (χ4v) is 1.58. The molecule has 0 heterocycles. The van der Waals surface area contributed by atoms with Crippen LogP contribution in [-0.2, 0) is 16.0 Å². The first-order valence-electron chi connectivity index (χ1n) is 6.25. The van der Waals surface area contributed by atoms with Crippen molar-refractivity contribution in [3.63, 3.8) is 0 Å². The summed E-state index contributed by atoms with van der Waals surface area (Å²) in [7, 11) is 0. The Balaban J connectivity index is 2.84. The first-order chi connectivity index (χ1) is 9.60. The standard InChI is InChI=1S/C14H17F2NO4/c1-14(2,3)21-13(20)17-11(12(18)19)7-8-9(15)5-4-6-10(8)16/h4-6,11H,7H2,1-3H3,(H,17,20)(H,18,19)/t11-/m1/s1. The smallest absolute Gasteiger partial charge is 0.408 e. The molecular formula is C14H17F2NO4. The molecule has 116 valence electrons. The number of carboxylic acid groups (broad SMARTS) is 1. The summed E-state index contributed by atoms with van der Waals surface area (Å²) in [4.78, 5) is 22.7. The fraction of sp³-hybridized carbons (Fsp3) is 0.429. The molecule has 1 aromatic carbocycles. The highest BCUT2D eigenvalue weighted by Crippen LogP contribution is 2.15. The van der Waals surface area contributed by atoms with Crippen LogP contribution in [0.1, 0.15) is 26.3 Å². The molecule has 1 amide bonds. The number of rotatable bonds is 4. The summed E-state index contributed by atoms with van der Waals surface area (Å²) in [5.74, 6) is -3.15. The van der Waals surface area contributed by atoms with Crippen molar-refractivity contribution in [1.29, 1.82) is 0 Å². The maximum absolute atomic E-state index is 13.5. The molecule has 0 radical (unpaired) electrons. The van der Waals surface area contributed by atoms with Gasteiger partial charge in [0, 0.05) is 12.0 Å². The van der Waals surface area contributed by atoms with Crippen LogP contribution in [0.15, 0.2) is 18.2 Å². The van der Waals surface area contributed by atoms with E-state index in [9.17, 15) is 18.4 Å². The zero-order valence-electron chi connectivity index (χ0n) is 11.9. The van der Waals surface area contributed by atoms with Crippen LogP contribution in [-0.4, -0.2) is 28.8 Å². The molecule has 0 fully saturated rings. The molecule has 1 rings (SSSR count). The summed E-state index contributed by atoms with van der Waals surface area (Å²) < 4.78 is 31.9. The number of nitrogens with one attached hydrogen (secondary N) is 1. The van der Waals surface area contributed by atoms with Crippen LogP contribution in [0.5, 0.6) is 0 Å². The predicted octanol–water partition coefficient (Wildman–Crippen LogP) is 2.49. The maximum Gasteiger partial charge on any atom is 0.408 e. The summed E-state index contributed by atoms with van der Waals surface area (Å²) >= 11 is 0. The Morgan fingerprint density at radius 3 is 2.24 bits per heavy atom. The van der Waals surface area contributed by atoms with Crippen molar-refractivity contribution in [3.8, 4) is 0 Å². The molecule has 0 aliphatic carbocycles. The quantitative estimate of drug-likeness (QED) is 0.896. The number of carboxylic acids is 1. The number of alkyl carbamates (subject to hydrolysis) is 1. The van der Waals surface area contributed by atoms with Gasteiger partial charge in [-0.25, -0.2) is 18.4 Å². The van der Waals surface area contributed by atoms with Crippen molar-refractivity contribution in [2.45, 2.75) is 38.8 Å². The van der Waals surface area contributed by atoms with Crippen molar-refractivity contribution in [2.24, 2.45) is 0 Å². The number of hydrogen-bond acceptors (Lipinski definition) is 3. The third-order valence-corrected chi connectivity index (χ3v) is 2.46. The Hall–Kier alpha value is -2.18. The minimum atomic E-state index is -1.49. The van der Waals surface area contributed by atoms with Gasteiger partial charge in [-0.15, -0.1) is 0 Å². The van der Waals surface area contributed by atoms with Gasteiger partial charge in [-0.1, -0.05) is 6.07 Å². The largest absolute Gasteiger partial charge is 0.480 e. The van der Waals surface area contributed by atoms with Gasteiger partial charge in [0.1, 0.15) is 23.3 Å². The molecule has 1 atom stereocenters. The molecule has 21 heavy (non-hydrogen) atoms. The number of carbonyl (C=O) groups is 2. The lowest BCUT2D eigenvalue weighted by atomic mass is 10.0.